The first kappa shape index (κ1) is 18.8. The first-order valence-electron chi connectivity index (χ1n) is 7.70. The van der Waals surface area contributed by atoms with E-state index in [1.807, 2.05) is 32.0 Å². The zero-order valence-electron chi connectivity index (χ0n) is 14.7. The molecular weight excluding hydrogens is 340 g/mol. The number of sulfonamides is 1. The molecular formula is C18H22N2O4S. The van der Waals surface area contributed by atoms with Crippen molar-refractivity contribution >= 4 is 27.3 Å². The lowest BCUT2D eigenvalue weighted by Crippen LogP contribution is -2.24. The van der Waals surface area contributed by atoms with Gasteiger partial charge in [0.2, 0.25) is 10.0 Å². The minimum atomic E-state index is -3.31. The molecule has 2 aromatic carbocycles. The Morgan fingerprint density at radius 3 is 2.36 bits per heavy atom. The number of ether oxygens (including phenoxy) is 1. The average Bonchev–Trinajstić information content (AvgIpc) is 2.55. The molecule has 25 heavy (non-hydrogen) atoms. The van der Waals surface area contributed by atoms with Gasteiger partial charge in [0, 0.05) is 12.7 Å². The zero-order chi connectivity index (χ0) is 18.6. The molecule has 0 saturated heterocycles. The normalized spacial score (nSPS) is 11.0. The van der Waals surface area contributed by atoms with Gasteiger partial charge in [-0.25, -0.2) is 8.42 Å². The van der Waals surface area contributed by atoms with Crippen LogP contribution in [0.4, 0.5) is 11.4 Å². The van der Waals surface area contributed by atoms with Gasteiger partial charge in [0.1, 0.15) is 5.75 Å². The van der Waals surface area contributed by atoms with Crippen molar-refractivity contribution in [2.75, 3.05) is 29.5 Å². The lowest BCUT2D eigenvalue weighted by atomic mass is 10.1. The maximum Gasteiger partial charge on any atom is 0.262 e. The van der Waals surface area contributed by atoms with Crippen LogP contribution in [0.1, 0.15) is 11.1 Å². The summed E-state index contributed by atoms with van der Waals surface area (Å²) in [5.41, 5.74) is 3.33. The Bertz CT molecular complexity index is 861. The van der Waals surface area contributed by atoms with Gasteiger partial charge in [-0.2, -0.15) is 0 Å². The topological polar surface area (TPSA) is 75.7 Å². The van der Waals surface area contributed by atoms with Crippen molar-refractivity contribution in [1.82, 2.24) is 0 Å². The predicted molar refractivity (Wildman–Crippen MR) is 99.7 cm³/mol. The van der Waals surface area contributed by atoms with Crippen LogP contribution in [0.5, 0.6) is 5.75 Å². The highest BCUT2D eigenvalue weighted by Crippen LogP contribution is 2.20. The van der Waals surface area contributed by atoms with Crippen molar-refractivity contribution in [1.29, 1.82) is 0 Å². The molecule has 0 aliphatic heterocycles. The van der Waals surface area contributed by atoms with Gasteiger partial charge in [-0.15, -0.1) is 0 Å². The molecule has 0 saturated carbocycles. The van der Waals surface area contributed by atoms with Gasteiger partial charge >= 0.3 is 0 Å². The Balaban J connectivity index is 1.95. The smallest absolute Gasteiger partial charge is 0.262 e. The Morgan fingerprint density at radius 2 is 1.76 bits per heavy atom. The second kappa shape index (κ2) is 7.57. The number of carbonyl (C=O) groups excluding carboxylic acids is 1. The van der Waals surface area contributed by atoms with Crippen LogP contribution in [0, 0.1) is 13.8 Å². The number of carbonyl (C=O) groups is 1. The standard InChI is InChI=1S/C18H22N2O4S/c1-13-5-6-14(2)17(11-13)19-18(21)12-24-16-9-7-15(8-10-16)20(3)25(4,22)23/h5-11H,12H2,1-4H3,(H,19,21). The van der Waals surface area contributed by atoms with Crippen molar-refractivity contribution < 1.29 is 17.9 Å². The van der Waals surface area contributed by atoms with Gasteiger partial charge in [-0.1, -0.05) is 12.1 Å². The molecule has 0 unspecified atom stereocenters. The number of benzene rings is 2. The fraction of sp³-hybridized carbons (Fsp3) is 0.278. The molecule has 0 aliphatic rings. The summed E-state index contributed by atoms with van der Waals surface area (Å²) in [6.07, 6.45) is 1.13. The monoisotopic (exact) mass is 362 g/mol. The fourth-order valence-corrected chi connectivity index (χ4v) is 2.65. The molecule has 0 fully saturated rings. The second-order valence-electron chi connectivity index (χ2n) is 5.88. The molecule has 0 aromatic heterocycles. The SMILES string of the molecule is Cc1ccc(C)c(NC(=O)COc2ccc(N(C)S(C)(=O)=O)cc2)c1. The Kier molecular flexibility index (Phi) is 5.69. The highest BCUT2D eigenvalue weighted by Gasteiger charge is 2.12. The van der Waals surface area contributed by atoms with Crippen LogP contribution in [0.3, 0.4) is 0 Å². The molecule has 0 heterocycles. The molecule has 134 valence electrons. The maximum absolute atomic E-state index is 12.0. The second-order valence-corrected chi connectivity index (χ2v) is 7.89. The van der Waals surface area contributed by atoms with Gasteiger partial charge < -0.3 is 10.1 Å². The van der Waals surface area contributed by atoms with Gasteiger partial charge in [-0.05, 0) is 55.3 Å². The Hall–Kier alpha value is -2.54. The third-order valence-electron chi connectivity index (χ3n) is 3.73. The predicted octanol–water partition coefficient (Wildman–Crippen LogP) is 2.72. The van der Waals surface area contributed by atoms with Crippen LogP contribution in [0.25, 0.3) is 0 Å². The summed E-state index contributed by atoms with van der Waals surface area (Å²) in [5.74, 6) is 0.229. The van der Waals surface area contributed by atoms with E-state index in [1.165, 1.54) is 11.4 Å². The van der Waals surface area contributed by atoms with Gasteiger partial charge in [0.25, 0.3) is 5.91 Å². The van der Waals surface area contributed by atoms with E-state index >= 15 is 0 Å². The van der Waals surface area contributed by atoms with Crippen LogP contribution in [-0.4, -0.2) is 34.2 Å². The van der Waals surface area contributed by atoms with E-state index in [9.17, 15) is 13.2 Å². The summed E-state index contributed by atoms with van der Waals surface area (Å²) in [4.78, 5) is 12.0. The number of hydrogen-bond donors (Lipinski definition) is 1. The molecule has 0 radical (unpaired) electrons. The first-order valence-corrected chi connectivity index (χ1v) is 9.55. The maximum atomic E-state index is 12.0. The van der Waals surface area contributed by atoms with Crippen LogP contribution < -0.4 is 14.4 Å². The average molecular weight is 362 g/mol. The van der Waals surface area contributed by atoms with Crippen molar-refractivity contribution in [3.63, 3.8) is 0 Å². The zero-order valence-corrected chi connectivity index (χ0v) is 15.6. The van der Waals surface area contributed by atoms with E-state index in [0.717, 1.165) is 23.1 Å². The lowest BCUT2D eigenvalue weighted by Gasteiger charge is -2.17. The largest absolute Gasteiger partial charge is 0.484 e. The summed E-state index contributed by atoms with van der Waals surface area (Å²) in [7, 11) is -1.83. The van der Waals surface area contributed by atoms with E-state index in [0.29, 0.717) is 11.4 Å². The molecule has 0 bridgehead atoms. The first-order chi connectivity index (χ1) is 11.7. The quantitative estimate of drug-likeness (QED) is 0.857. The number of anilines is 2. The van der Waals surface area contributed by atoms with Crippen molar-refractivity contribution in [2.24, 2.45) is 0 Å². The van der Waals surface area contributed by atoms with Gasteiger partial charge in [0.05, 0.1) is 11.9 Å². The number of nitrogens with one attached hydrogen (secondary N) is 1. The number of amides is 1. The molecule has 6 nitrogen and oxygen atoms in total. The minimum absolute atomic E-state index is 0.130. The van der Waals surface area contributed by atoms with Crippen LogP contribution in [0.15, 0.2) is 42.5 Å². The molecule has 2 aromatic rings. The summed E-state index contributed by atoms with van der Waals surface area (Å²) in [6.45, 7) is 3.75. The number of nitrogens with zero attached hydrogens (tertiary/aromatic N) is 1. The van der Waals surface area contributed by atoms with E-state index in [4.69, 9.17) is 4.74 Å². The summed E-state index contributed by atoms with van der Waals surface area (Å²) in [6, 6.07) is 12.3. The summed E-state index contributed by atoms with van der Waals surface area (Å²) >= 11 is 0. The number of hydrogen-bond acceptors (Lipinski definition) is 4. The van der Waals surface area contributed by atoms with E-state index in [2.05, 4.69) is 5.32 Å². The van der Waals surface area contributed by atoms with E-state index < -0.39 is 10.0 Å². The van der Waals surface area contributed by atoms with Crippen LogP contribution in [0.2, 0.25) is 0 Å². The van der Waals surface area contributed by atoms with Crippen LogP contribution >= 0.6 is 0 Å². The highest BCUT2D eigenvalue weighted by molar-refractivity contribution is 7.92. The molecule has 1 amide bonds. The number of aryl methyl sites for hydroxylation is 2. The highest BCUT2D eigenvalue weighted by atomic mass is 32.2. The third kappa shape index (κ3) is 5.22. The Morgan fingerprint density at radius 1 is 1.12 bits per heavy atom. The van der Waals surface area contributed by atoms with Crippen LogP contribution in [-0.2, 0) is 14.8 Å². The summed E-state index contributed by atoms with van der Waals surface area (Å²) in [5, 5.41) is 2.82. The fourth-order valence-electron chi connectivity index (χ4n) is 2.15. The third-order valence-corrected chi connectivity index (χ3v) is 4.94. The van der Waals surface area contributed by atoms with Crippen molar-refractivity contribution in [2.45, 2.75) is 13.8 Å². The molecule has 2 rings (SSSR count). The minimum Gasteiger partial charge on any atom is -0.484 e. The summed E-state index contributed by atoms with van der Waals surface area (Å²) < 4.78 is 29.6. The molecule has 0 spiro atoms. The van der Waals surface area contributed by atoms with Crippen molar-refractivity contribution in [3.8, 4) is 5.75 Å². The molecule has 0 atom stereocenters. The lowest BCUT2D eigenvalue weighted by molar-refractivity contribution is -0.118. The van der Waals surface area contributed by atoms with E-state index in [1.54, 1.807) is 24.3 Å². The van der Waals surface area contributed by atoms with E-state index in [-0.39, 0.29) is 12.5 Å². The number of rotatable bonds is 6. The van der Waals surface area contributed by atoms with Gasteiger partial charge in [-0.3, -0.25) is 9.10 Å². The molecule has 1 N–H and O–H groups in total. The molecule has 0 aliphatic carbocycles. The Labute approximate surface area is 148 Å². The van der Waals surface area contributed by atoms with Gasteiger partial charge in [0.15, 0.2) is 6.61 Å². The van der Waals surface area contributed by atoms with Crippen molar-refractivity contribution in [3.05, 3.63) is 53.6 Å². The molecule has 7 heteroatoms.